The van der Waals surface area contributed by atoms with Crippen LogP contribution in [-0.2, 0) is 0 Å². The van der Waals surface area contributed by atoms with Crippen molar-refractivity contribution in [1.29, 1.82) is 0 Å². The molecule has 0 radical (unpaired) electrons. The molecule has 0 rings (SSSR count). The Hall–Kier alpha value is -0.780. The third kappa shape index (κ3) is 5.36. The van der Waals surface area contributed by atoms with Crippen molar-refractivity contribution in [1.82, 2.24) is 0 Å². The van der Waals surface area contributed by atoms with Crippen LogP contribution in [0.15, 0.2) is 37.0 Å². The Kier molecular flexibility index (Phi) is 4.65. The summed E-state index contributed by atoms with van der Waals surface area (Å²) < 4.78 is 0. The maximum Gasteiger partial charge on any atom is -0.0230 e. The zero-order valence-corrected chi connectivity index (χ0v) is 6.93. The minimum absolute atomic E-state index is 0.579. The van der Waals surface area contributed by atoms with E-state index >= 15 is 0 Å². The molecule has 0 saturated heterocycles. The van der Waals surface area contributed by atoms with E-state index in [2.05, 4.69) is 26.2 Å². The lowest BCUT2D eigenvalue weighted by Gasteiger charge is -1.97. The molecule has 10 heavy (non-hydrogen) atoms. The summed E-state index contributed by atoms with van der Waals surface area (Å²) in [6, 6.07) is 0. The van der Waals surface area contributed by atoms with Crippen LogP contribution in [0.4, 0.5) is 0 Å². The third-order valence-electron chi connectivity index (χ3n) is 1.31. The molecule has 0 aromatic heterocycles. The molecule has 0 bridgehead atoms. The number of allylic oxidation sites excluding steroid dienone is 4. The molecule has 56 valence electrons. The van der Waals surface area contributed by atoms with Crippen LogP contribution in [-0.4, -0.2) is 0 Å². The molecule has 0 aromatic rings. The molecule has 0 aliphatic heterocycles. The van der Waals surface area contributed by atoms with Gasteiger partial charge in [-0.1, -0.05) is 37.3 Å². The van der Waals surface area contributed by atoms with Gasteiger partial charge >= 0.3 is 0 Å². The lowest BCUT2D eigenvalue weighted by molar-refractivity contribution is 0.746. The Bertz CT molecular complexity index is 140. The molecular formula is C10H16. The minimum Gasteiger partial charge on any atom is -0.103 e. The molecule has 0 aliphatic rings. The average molecular weight is 136 g/mol. The minimum atomic E-state index is 0.579. The van der Waals surface area contributed by atoms with Crippen molar-refractivity contribution in [2.24, 2.45) is 5.92 Å². The normalized spacial score (nSPS) is 13.4. The Morgan fingerprint density at radius 2 is 2.20 bits per heavy atom. The third-order valence-corrected chi connectivity index (χ3v) is 1.31. The Balaban J connectivity index is 3.52. The van der Waals surface area contributed by atoms with Crippen LogP contribution < -0.4 is 0 Å². The van der Waals surface area contributed by atoms with Crippen molar-refractivity contribution in [3.63, 3.8) is 0 Å². The van der Waals surface area contributed by atoms with Gasteiger partial charge in [0, 0.05) is 0 Å². The predicted octanol–water partition coefficient (Wildman–Crippen LogP) is 3.33. The fraction of sp³-hybridized carbons (Fsp3) is 0.400. The topological polar surface area (TPSA) is 0 Å². The Morgan fingerprint density at radius 1 is 1.60 bits per heavy atom. The smallest absolute Gasteiger partial charge is 0.0230 e. The molecule has 0 saturated carbocycles. The van der Waals surface area contributed by atoms with Crippen LogP contribution >= 0.6 is 0 Å². The van der Waals surface area contributed by atoms with E-state index in [4.69, 9.17) is 0 Å². The summed E-state index contributed by atoms with van der Waals surface area (Å²) in [5.74, 6) is 0.579. The van der Waals surface area contributed by atoms with Crippen LogP contribution in [0.3, 0.4) is 0 Å². The molecule has 0 spiro atoms. The van der Waals surface area contributed by atoms with Gasteiger partial charge in [-0.05, 0) is 19.3 Å². The van der Waals surface area contributed by atoms with Gasteiger partial charge in [-0.2, -0.15) is 0 Å². The molecule has 0 nitrogen and oxygen atoms in total. The van der Waals surface area contributed by atoms with Crippen molar-refractivity contribution in [3.8, 4) is 0 Å². The van der Waals surface area contributed by atoms with Gasteiger partial charge in [0.2, 0.25) is 0 Å². The molecular weight excluding hydrogens is 120 g/mol. The van der Waals surface area contributed by atoms with E-state index in [1.807, 2.05) is 19.1 Å². The summed E-state index contributed by atoms with van der Waals surface area (Å²) in [5.41, 5.74) is 1.11. The highest BCUT2D eigenvalue weighted by Gasteiger charge is 1.88. The van der Waals surface area contributed by atoms with Gasteiger partial charge in [0.1, 0.15) is 0 Å². The zero-order valence-electron chi connectivity index (χ0n) is 6.93. The predicted molar refractivity (Wildman–Crippen MR) is 47.9 cm³/mol. The van der Waals surface area contributed by atoms with E-state index in [-0.39, 0.29) is 0 Å². The molecule has 0 fully saturated rings. The van der Waals surface area contributed by atoms with E-state index in [9.17, 15) is 0 Å². The molecule has 1 unspecified atom stereocenters. The maximum atomic E-state index is 3.77. The lowest BCUT2D eigenvalue weighted by Crippen LogP contribution is -1.83. The van der Waals surface area contributed by atoms with Crippen molar-refractivity contribution >= 4 is 0 Å². The second kappa shape index (κ2) is 5.04. The van der Waals surface area contributed by atoms with Gasteiger partial charge in [-0.25, -0.2) is 0 Å². The molecule has 0 heteroatoms. The molecule has 1 atom stereocenters. The fourth-order valence-corrected chi connectivity index (χ4v) is 0.580. The Morgan fingerprint density at radius 3 is 2.60 bits per heavy atom. The summed E-state index contributed by atoms with van der Waals surface area (Å²) in [6.45, 7) is 11.6. The van der Waals surface area contributed by atoms with Crippen LogP contribution in [0.1, 0.15) is 20.3 Å². The molecule has 0 amide bonds. The van der Waals surface area contributed by atoms with Crippen LogP contribution in [0, 0.1) is 5.92 Å². The molecule has 0 N–H and O–H groups in total. The first-order valence-corrected chi connectivity index (χ1v) is 3.61. The number of rotatable bonds is 4. The average Bonchev–Trinajstić information content (AvgIpc) is 1.87. The molecule has 0 aromatic carbocycles. The zero-order chi connectivity index (χ0) is 7.98. The number of hydrogen-bond acceptors (Lipinski definition) is 0. The summed E-state index contributed by atoms with van der Waals surface area (Å²) >= 11 is 0. The van der Waals surface area contributed by atoms with Crippen molar-refractivity contribution < 1.29 is 0 Å². The summed E-state index contributed by atoms with van der Waals surface area (Å²) in [7, 11) is 0. The molecule has 0 heterocycles. The van der Waals surface area contributed by atoms with Gasteiger partial charge in [-0.15, -0.1) is 6.58 Å². The van der Waals surface area contributed by atoms with Crippen LogP contribution in [0.2, 0.25) is 0 Å². The second-order valence-corrected chi connectivity index (χ2v) is 2.70. The van der Waals surface area contributed by atoms with Gasteiger partial charge in [0.05, 0.1) is 0 Å². The monoisotopic (exact) mass is 136 g/mol. The Labute approximate surface area is 64.0 Å². The first-order valence-electron chi connectivity index (χ1n) is 3.61. The van der Waals surface area contributed by atoms with Crippen LogP contribution in [0.25, 0.3) is 0 Å². The fourth-order valence-electron chi connectivity index (χ4n) is 0.580. The van der Waals surface area contributed by atoms with Gasteiger partial charge < -0.3 is 0 Å². The summed E-state index contributed by atoms with van der Waals surface area (Å²) in [5, 5.41) is 0. The maximum absolute atomic E-state index is 3.77. The summed E-state index contributed by atoms with van der Waals surface area (Å²) in [6.07, 6.45) is 7.20. The van der Waals surface area contributed by atoms with Gasteiger partial charge in [0.25, 0.3) is 0 Å². The highest BCUT2D eigenvalue weighted by Crippen LogP contribution is 2.03. The van der Waals surface area contributed by atoms with E-state index in [1.165, 1.54) is 0 Å². The van der Waals surface area contributed by atoms with E-state index < -0.39 is 0 Å². The van der Waals surface area contributed by atoms with E-state index in [0.717, 1.165) is 12.0 Å². The summed E-state index contributed by atoms with van der Waals surface area (Å²) in [4.78, 5) is 0. The molecule has 0 aliphatic carbocycles. The SMILES string of the molecule is C=CC(C)C/C=C/C(=C)C. The van der Waals surface area contributed by atoms with E-state index in [1.54, 1.807) is 0 Å². The lowest BCUT2D eigenvalue weighted by atomic mass is 10.1. The first kappa shape index (κ1) is 9.22. The highest BCUT2D eigenvalue weighted by molar-refractivity contribution is 5.11. The quantitative estimate of drug-likeness (QED) is 0.411. The standard InChI is InChI=1S/C10H16/c1-5-10(4)8-6-7-9(2)3/h5-7,10H,1-2,8H2,3-4H3/b7-6+. The van der Waals surface area contributed by atoms with Gasteiger partial charge in [-0.3, -0.25) is 0 Å². The highest BCUT2D eigenvalue weighted by atomic mass is 13.9. The van der Waals surface area contributed by atoms with E-state index in [0.29, 0.717) is 5.92 Å². The van der Waals surface area contributed by atoms with Gasteiger partial charge in [0.15, 0.2) is 0 Å². The van der Waals surface area contributed by atoms with Crippen LogP contribution in [0.5, 0.6) is 0 Å². The second-order valence-electron chi connectivity index (χ2n) is 2.70. The van der Waals surface area contributed by atoms with Crippen molar-refractivity contribution in [2.75, 3.05) is 0 Å². The number of hydrogen-bond donors (Lipinski definition) is 0. The first-order chi connectivity index (χ1) is 4.66. The largest absolute Gasteiger partial charge is 0.103 e. The van der Waals surface area contributed by atoms with Crippen molar-refractivity contribution in [3.05, 3.63) is 37.0 Å². The van der Waals surface area contributed by atoms with Crippen molar-refractivity contribution in [2.45, 2.75) is 20.3 Å².